The molecule has 162 valence electrons. The van der Waals surface area contributed by atoms with Crippen LogP contribution in [0.2, 0.25) is 0 Å². The highest BCUT2D eigenvalue weighted by Crippen LogP contribution is 2.43. The van der Waals surface area contributed by atoms with E-state index in [1.54, 1.807) is 0 Å². The van der Waals surface area contributed by atoms with Gasteiger partial charge < -0.3 is 24.8 Å². The molecule has 2 aliphatic heterocycles. The number of hydrogen-bond donors (Lipinski definition) is 2. The predicted octanol–water partition coefficient (Wildman–Crippen LogP) is 3.79. The van der Waals surface area contributed by atoms with Crippen molar-refractivity contribution in [2.75, 3.05) is 33.1 Å². The molecule has 2 heterocycles. The van der Waals surface area contributed by atoms with E-state index in [1.165, 1.54) is 56.9 Å². The third-order valence-electron chi connectivity index (χ3n) is 7.53. The molecule has 29 heavy (non-hydrogen) atoms. The van der Waals surface area contributed by atoms with Crippen LogP contribution in [0.25, 0.3) is 0 Å². The zero-order chi connectivity index (χ0) is 18.8. The minimum atomic E-state index is 0. The molecule has 0 radical (unpaired) electrons. The summed E-state index contributed by atoms with van der Waals surface area (Å²) in [6.07, 6.45) is 10.5. The summed E-state index contributed by atoms with van der Waals surface area (Å²) in [6, 6.07) is 7.75. The van der Waals surface area contributed by atoms with Crippen molar-refractivity contribution in [3.63, 3.8) is 0 Å². The molecule has 4 aliphatic rings. The average molecular weight is 423 g/mol. The Hall–Kier alpha value is -1.01. The summed E-state index contributed by atoms with van der Waals surface area (Å²) < 4.78 is 17.0. The van der Waals surface area contributed by atoms with Crippen LogP contribution in [0, 0.1) is 5.92 Å². The molecule has 1 aromatic rings. The molecule has 2 N–H and O–H groups in total. The number of morpholine rings is 1. The standard InChI is InChI=1S/C23H34N2O3.ClH/c1-2-9-23(10-3-1,17-7-8-21-22(13-17)28-16-27-21)15-25-19-6-4-5-18(19)20-14-26-12-11-24-20;/h7-8,13,18-20,24-25H,1-6,9-12,14-16H2;1H. The van der Waals surface area contributed by atoms with Crippen LogP contribution in [0.1, 0.15) is 56.9 Å². The highest BCUT2D eigenvalue weighted by molar-refractivity contribution is 5.85. The van der Waals surface area contributed by atoms with E-state index >= 15 is 0 Å². The SMILES string of the molecule is Cl.c1cc2c(cc1C1(CNC3CCCC3C3COCCN3)CCCCC1)OCO2. The molecule has 3 unspecified atom stereocenters. The average Bonchev–Trinajstić information content (AvgIpc) is 3.42. The van der Waals surface area contributed by atoms with Gasteiger partial charge in [-0.15, -0.1) is 12.4 Å². The van der Waals surface area contributed by atoms with Gasteiger partial charge >= 0.3 is 0 Å². The molecule has 2 saturated carbocycles. The second-order valence-electron chi connectivity index (χ2n) is 9.13. The maximum atomic E-state index is 5.75. The number of nitrogens with one attached hydrogen (secondary N) is 2. The van der Waals surface area contributed by atoms with Gasteiger partial charge in [0.15, 0.2) is 11.5 Å². The number of rotatable bonds is 5. The van der Waals surface area contributed by atoms with Gasteiger partial charge in [0.1, 0.15) is 0 Å². The van der Waals surface area contributed by atoms with Crippen molar-refractivity contribution < 1.29 is 14.2 Å². The van der Waals surface area contributed by atoms with Crippen molar-refractivity contribution >= 4 is 12.4 Å². The Bertz CT molecular complexity index is 674. The van der Waals surface area contributed by atoms with Crippen LogP contribution in [-0.4, -0.2) is 45.2 Å². The van der Waals surface area contributed by atoms with Crippen LogP contribution < -0.4 is 20.1 Å². The van der Waals surface area contributed by atoms with Gasteiger partial charge in [0.2, 0.25) is 6.79 Å². The van der Waals surface area contributed by atoms with Gasteiger partial charge in [-0.3, -0.25) is 0 Å². The molecule has 0 bridgehead atoms. The molecule has 0 aromatic heterocycles. The molecule has 0 amide bonds. The number of fused-ring (bicyclic) bond motifs is 1. The summed E-state index contributed by atoms with van der Waals surface area (Å²) in [6.45, 7) is 4.14. The Morgan fingerprint density at radius 2 is 1.90 bits per heavy atom. The monoisotopic (exact) mass is 422 g/mol. The first-order valence-electron chi connectivity index (χ1n) is 11.3. The van der Waals surface area contributed by atoms with Gasteiger partial charge in [0.05, 0.1) is 13.2 Å². The van der Waals surface area contributed by atoms with Crippen molar-refractivity contribution in [2.24, 2.45) is 5.92 Å². The Morgan fingerprint density at radius 3 is 2.72 bits per heavy atom. The van der Waals surface area contributed by atoms with Gasteiger partial charge in [0.25, 0.3) is 0 Å². The number of ether oxygens (including phenoxy) is 3. The summed E-state index contributed by atoms with van der Waals surface area (Å²) in [5.41, 5.74) is 1.65. The first kappa shape index (κ1) is 21.2. The molecule has 3 fully saturated rings. The Balaban J connectivity index is 0.00000205. The minimum Gasteiger partial charge on any atom is -0.454 e. The number of halogens is 1. The zero-order valence-corrected chi connectivity index (χ0v) is 18.1. The van der Waals surface area contributed by atoms with Crippen LogP contribution in [-0.2, 0) is 10.2 Å². The molecular formula is C23H35ClN2O3. The van der Waals surface area contributed by atoms with Gasteiger partial charge in [-0.25, -0.2) is 0 Å². The van der Waals surface area contributed by atoms with Crippen LogP contribution in [0.15, 0.2) is 18.2 Å². The fraction of sp³-hybridized carbons (Fsp3) is 0.739. The van der Waals surface area contributed by atoms with Crippen LogP contribution in [0.5, 0.6) is 11.5 Å². The van der Waals surface area contributed by atoms with E-state index in [2.05, 4.69) is 28.8 Å². The molecule has 5 rings (SSSR count). The number of hydrogen-bond acceptors (Lipinski definition) is 5. The minimum absolute atomic E-state index is 0. The molecule has 3 atom stereocenters. The van der Waals surface area contributed by atoms with Gasteiger partial charge in [-0.2, -0.15) is 0 Å². The molecule has 1 aromatic carbocycles. The molecule has 5 nitrogen and oxygen atoms in total. The van der Waals surface area contributed by atoms with Crippen LogP contribution in [0.4, 0.5) is 0 Å². The Kier molecular flexibility index (Phi) is 6.90. The van der Waals surface area contributed by atoms with E-state index in [0.717, 1.165) is 37.8 Å². The van der Waals surface area contributed by atoms with Crippen molar-refractivity contribution in [3.05, 3.63) is 23.8 Å². The second-order valence-corrected chi connectivity index (χ2v) is 9.13. The summed E-state index contributed by atoms with van der Waals surface area (Å²) in [5.74, 6) is 2.50. The third-order valence-corrected chi connectivity index (χ3v) is 7.53. The maximum absolute atomic E-state index is 5.75. The molecule has 0 spiro atoms. The lowest BCUT2D eigenvalue weighted by molar-refractivity contribution is 0.0518. The van der Waals surface area contributed by atoms with Crippen molar-refractivity contribution in [1.82, 2.24) is 10.6 Å². The summed E-state index contributed by atoms with van der Waals surface area (Å²) in [5, 5.41) is 7.74. The van der Waals surface area contributed by atoms with Gasteiger partial charge in [0, 0.05) is 30.6 Å². The van der Waals surface area contributed by atoms with Crippen molar-refractivity contribution in [1.29, 1.82) is 0 Å². The van der Waals surface area contributed by atoms with Gasteiger partial charge in [-0.1, -0.05) is 31.7 Å². The first-order valence-corrected chi connectivity index (χ1v) is 11.3. The number of benzene rings is 1. The van der Waals surface area contributed by atoms with Crippen molar-refractivity contribution in [2.45, 2.75) is 68.9 Å². The van der Waals surface area contributed by atoms with Crippen molar-refractivity contribution in [3.8, 4) is 11.5 Å². The zero-order valence-electron chi connectivity index (χ0n) is 17.3. The lowest BCUT2D eigenvalue weighted by Gasteiger charge is -2.40. The predicted molar refractivity (Wildman–Crippen MR) is 116 cm³/mol. The van der Waals surface area contributed by atoms with E-state index in [4.69, 9.17) is 14.2 Å². The smallest absolute Gasteiger partial charge is 0.231 e. The quantitative estimate of drug-likeness (QED) is 0.756. The van der Waals surface area contributed by atoms with E-state index in [0.29, 0.717) is 24.8 Å². The summed E-state index contributed by atoms with van der Waals surface area (Å²) >= 11 is 0. The third kappa shape index (κ3) is 4.39. The maximum Gasteiger partial charge on any atom is 0.231 e. The topological polar surface area (TPSA) is 51.8 Å². The Labute approximate surface area is 180 Å². The van der Waals surface area contributed by atoms with E-state index in [9.17, 15) is 0 Å². The van der Waals surface area contributed by atoms with Crippen LogP contribution >= 0.6 is 12.4 Å². The van der Waals surface area contributed by atoms with E-state index in [1.807, 2.05) is 0 Å². The fourth-order valence-corrected chi connectivity index (χ4v) is 5.93. The first-order chi connectivity index (χ1) is 13.8. The Morgan fingerprint density at radius 1 is 1.03 bits per heavy atom. The molecular weight excluding hydrogens is 388 g/mol. The fourth-order valence-electron chi connectivity index (χ4n) is 5.93. The van der Waals surface area contributed by atoms with E-state index in [-0.39, 0.29) is 17.8 Å². The summed E-state index contributed by atoms with van der Waals surface area (Å²) in [7, 11) is 0. The largest absolute Gasteiger partial charge is 0.454 e. The second kappa shape index (κ2) is 9.42. The molecule has 2 aliphatic carbocycles. The molecule has 1 saturated heterocycles. The van der Waals surface area contributed by atoms with Gasteiger partial charge in [-0.05, 0) is 49.3 Å². The van der Waals surface area contributed by atoms with Crippen LogP contribution in [0.3, 0.4) is 0 Å². The summed E-state index contributed by atoms with van der Waals surface area (Å²) in [4.78, 5) is 0. The highest BCUT2D eigenvalue weighted by Gasteiger charge is 2.39. The highest BCUT2D eigenvalue weighted by atomic mass is 35.5. The van der Waals surface area contributed by atoms with E-state index < -0.39 is 0 Å². The lowest BCUT2D eigenvalue weighted by atomic mass is 9.69. The lowest BCUT2D eigenvalue weighted by Crippen LogP contribution is -2.52. The normalized spacial score (nSPS) is 30.7. The molecule has 6 heteroatoms.